The minimum Gasteiger partial charge on any atom is -0.496 e. The first-order valence-electron chi connectivity index (χ1n) is 4.87. The van der Waals surface area contributed by atoms with Crippen molar-refractivity contribution in [3.05, 3.63) is 23.4 Å². The van der Waals surface area contributed by atoms with Crippen LogP contribution in [0.5, 0.6) is 5.75 Å². The Labute approximate surface area is 88.6 Å². The molecule has 0 atom stereocenters. The van der Waals surface area contributed by atoms with Crippen molar-refractivity contribution >= 4 is 10.9 Å². The summed E-state index contributed by atoms with van der Waals surface area (Å²) in [6, 6.07) is 4.04. The third-order valence-electron chi connectivity index (χ3n) is 2.66. The van der Waals surface area contributed by atoms with E-state index >= 15 is 0 Å². The van der Waals surface area contributed by atoms with Crippen molar-refractivity contribution in [3.8, 4) is 5.75 Å². The van der Waals surface area contributed by atoms with Gasteiger partial charge in [-0.2, -0.15) is 5.10 Å². The van der Waals surface area contributed by atoms with E-state index in [0.717, 1.165) is 27.9 Å². The minimum absolute atomic E-state index is 0.480. The average Bonchev–Trinajstić information content (AvgIpc) is 2.52. The molecule has 1 aromatic heterocycles. The van der Waals surface area contributed by atoms with E-state index in [0.29, 0.717) is 6.54 Å². The van der Waals surface area contributed by atoms with Crippen LogP contribution in [0, 0.1) is 6.92 Å². The van der Waals surface area contributed by atoms with E-state index in [9.17, 15) is 0 Å². The quantitative estimate of drug-likeness (QED) is 0.805. The molecule has 0 amide bonds. The molecule has 2 aromatic rings. The van der Waals surface area contributed by atoms with Crippen LogP contribution in [0.2, 0.25) is 0 Å². The van der Waals surface area contributed by atoms with Crippen LogP contribution in [-0.4, -0.2) is 16.9 Å². The van der Waals surface area contributed by atoms with Crippen LogP contribution in [0.15, 0.2) is 12.1 Å². The standard InChI is InChI=1S/C11H15N3O/c1-7-9-4-8(6-12)11(15-3)5-10(9)14(2)13-7/h4-5H,6,12H2,1-3H3. The summed E-state index contributed by atoms with van der Waals surface area (Å²) >= 11 is 0. The number of methoxy groups -OCH3 is 1. The van der Waals surface area contributed by atoms with Crippen LogP contribution in [-0.2, 0) is 13.6 Å². The van der Waals surface area contributed by atoms with Crippen molar-refractivity contribution in [1.82, 2.24) is 9.78 Å². The van der Waals surface area contributed by atoms with Gasteiger partial charge in [0.1, 0.15) is 5.75 Å². The lowest BCUT2D eigenvalue weighted by atomic mass is 10.1. The van der Waals surface area contributed by atoms with E-state index in [1.54, 1.807) is 7.11 Å². The van der Waals surface area contributed by atoms with Crippen molar-refractivity contribution in [2.75, 3.05) is 7.11 Å². The van der Waals surface area contributed by atoms with Crippen molar-refractivity contribution in [3.63, 3.8) is 0 Å². The van der Waals surface area contributed by atoms with Crippen LogP contribution in [0.3, 0.4) is 0 Å². The molecule has 0 aliphatic rings. The second-order valence-corrected chi connectivity index (χ2v) is 3.59. The van der Waals surface area contributed by atoms with Crippen molar-refractivity contribution in [1.29, 1.82) is 0 Å². The Kier molecular flexibility index (Phi) is 2.36. The van der Waals surface area contributed by atoms with Crippen molar-refractivity contribution in [2.45, 2.75) is 13.5 Å². The van der Waals surface area contributed by atoms with Crippen LogP contribution in [0.25, 0.3) is 10.9 Å². The summed E-state index contributed by atoms with van der Waals surface area (Å²) in [7, 11) is 3.58. The fourth-order valence-electron chi connectivity index (χ4n) is 1.85. The highest BCUT2D eigenvalue weighted by atomic mass is 16.5. The van der Waals surface area contributed by atoms with Gasteiger partial charge in [0.15, 0.2) is 0 Å². The summed E-state index contributed by atoms with van der Waals surface area (Å²) in [6.07, 6.45) is 0. The van der Waals surface area contributed by atoms with E-state index in [2.05, 4.69) is 11.2 Å². The Balaban J connectivity index is 2.77. The second-order valence-electron chi connectivity index (χ2n) is 3.59. The maximum absolute atomic E-state index is 5.67. The number of ether oxygens (including phenoxy) is 1. The molecule has 0 unspecified atom stereocenters. The lowest BCUT2D eigenvalue weighted by Gasteiger charge is -2.07. The minimum atomic E-state index is 0.480. The van der Waals surface area contributed by atoms with E-state index < -0.39 is 0 Å². The molecule has 0 fully saturated rings. The number of hydrogen-bond acceptors (Lipinski definition) is 3. The van der Waals surface area contributed by atoms with Gasteiger partial charge in [-0.15, -0.1) is 0 Å². The highest BCUT2D eigenvalue weighted by Gasteiger charge is 2.09. The first kappa shape index (κ1) is 9.98. The number of hydrogen-bond donors (Lipinski definition) is 1. The normalized spacial score (nSPS) is 10.9. The number of rotatable bonds is 2. The first-order chi connectivity index (χ1) is 7.17. The number of nitrogens with two attached hydrogens (primary N) is 1. The Morgan fingerprint density at radius 1 is 1.47 bits per heavy atom. The molecule has 0 aliphatic heterocycles. The number of fused-ring (bicyclic) bond motifs is 1. The lowest BCUT2D eigenvalue weighted by molar-refractivity contribution is 0.410. The third-order valence-corrected chi connectivity index (χ3v) is 2.66. The fraction of sp³-hybridized carbons (Fsp3) is 0.364. The molecule has 4 heteroatoms. The van der Waals surface area contributed by atoms with E-state index in [-0.39, 0.29) is 0 Å². The number of aryl methyl sites for hydroxylation is 2. The van der Waals surface area contributed by atoms with Crippen molar-refractivity contribution in [2.24, 2.45) is 12.8 Å². The average molecular weight is 205 g/mol. The largest absolute Gasteiger partial charge is 0.496 e. The van der Waals surface area contributed by atoms with Gasteiger partial charge in [0, 0.05) is 30.6 Å². The fourth-order valence-corrected chi connectivity index (χ4v) is 1.85. The molecule has 4 nitrogen and oxygen atoms in total. The molecule has 2 N–H and O–H groups in total. The summed E-state index contributed by atoms with van der Waals surface area (Å²) in [5, 5.41) is 5.50. The molecule has 0 bridgehead atoms. The topological polar surface area (TPSA) is 53.1 Å². The third kappa shape index (κ3) is 1.47. The molecule has 1 aromatic carbocycles. The SMILES string of the molecule is COc1cc2c(cc1CN)c(C)nn2C. The lowest BCUT2D eigenvalue weighted by Crippen LogP contribution is -2.00. The van der Waals surface area contributed by atoms with Crippen LogP contribution < -0.4 is 10.5 Å². The van der Waals surface area contributed by atoms with Gasteiger partial charge in [-0.1, -0.05) is 0 Å². The molecule has 0 saturated carbocycles. The maximum atomic E-state index is 5.67. The van der Waals surface area contributed by atoms with Crippen LogP contribution in [0.1, 0.15) is 11.3 Å². The summed E-state index contributed by atoms with van der Waals surface area (Å²) < 4.78 is 7.14. The maximum Gasteiger partial charge on any atom is 0.125 e. The Bertz CT molecular complexity index is 458. The van der Waals surface area contributed by atoms with Gasteiger partial charge in [-0.3, -0.25) is 4.68 Å². The van der Waals surface area contributed by atoms with E-state index in [1.165, 1.54) is 0 Å². The number of nitrogens with zero attached hydrogens (tertiary/aromatic N) is 2. The van der Waals surface area contributed by atoms with Crippen LogP contribution in [0.4, 0.5) is 0 Å². The zero-order valence-electron chi connectivity index (χ0n) is 9.24. The zero-order valence-corrected chi connectivity index (χ0v) is 9.24. The summed E-state index contributed by atoms with van der Waals surface area (Å²) in [5.74, 6) is 0.827. The monoisotopic (exact) mass is 205 g/mol. The Morgan fingerprint density at radius 3 is 2.80 bits per heavy atom. The van der Waals surface area contributed by atoms with Gasteiger partial charge < -0.3 is 10.5 Å². The molecule has 1 heterocycles. The predicted octanol–water partition coefficient (Wildman–Crippen LogP) is 1.35. The van der Waals surface area contributed by atoms with Crippen LogP contribution >= 0.6 is 0 Å². The van der Waals surface area contributed by atoms with Gasteiger partial charge in [-0.25, -0.2) is 0 Å². The molecule has 0 saturated heterocycles. The van der Waals surface area contributed by atoms with Crippen molar-refractivity contribution < 1.29 is 4.74 Å². The molecule has 80 valence electrons. The van der Waals surface area contributed by atoms with Gasteiger partial charge in [0.05, 0.1) is 18.3 Å². The molecule has 0 aliphatic carbocycles. The molecule has 0 spiro atoms. The summed E-state index contributed by atoms with van der Waals surface area (Å²) in [6.45, 7) is 2.47. The number of aromatic nitrogens is 2. The molecule has 0 radical (unpaired) electrons. The molecule has 2 rings (SSSR count). The summed E-state index contributed by atoms with van der Waals surface area (Å²) in [4.78, 5) is 0. The highest BCUT2D eigenvalue weighted by Crippen LogP contribution is 2.27. The van der Waals surface area contributed by atoms with Gasteiger partial charge in [0.2, 0.25) is 0 Å². The molecular formula is C11H15N3O. The zero-order chi connectivity index (χ0) is 11.0. The van der Waals surface area contributed by atoms with E-state index in [1.807, 2.05) is 24.7 Å². The smallest absolute Gasteiger partial charge is 0.125 e. The van der Waals surface area contributed by atoms with Gasteiger partial charge in [0.25, 0.3) is 0 Å². The highest BCUT2D eigenvalue weighted by molar-refractivity contribution is 5.84. The summed E-state index contributed by atoms with van der Waals surface area (Å²) in [5.41, 5.74) is 8.77. The molecular weight excluding hydrogens is 190 g/mol. The van der Waals surface area contributed by atoms with Gasteiger partial charge in [-0.05, 0) is 13.0 Å². The van der Waals surface area contributed by atoms with Gasteiger partial charge >= 0.3 is 0 Å². The molecule has 15 heavy (non-hydrogen) atoms. The Morgan fingerprint density at radius 2 is 2.20 bits per heavy atom. The Hall–Kier alpha value is -1.55. The van der Waals surface area contributed by atoms with E-state index in [4.69, 9.17) is 10.5 Å². The first-order valence-corrected chi connectivity index (χ1v) is 4.87. The number of benzene rings is 1. The predicted molar refractivity (Wildman–Crippen MR) is 59.9 cm³/mol. The second kappa shape index (κ2) is 3.55.